The summed E-state index contributed by atoms with van der Waals surface area (Å²) in [6.07, 6.45) is 1.62. The van der Waals surface area contributed by atoms with E-state index in [1.54, 1.807) is 12.3 Å². The van der Waals surface area contributed by atoms with Gasteiger partial charge < -0.3 is 11.1 Å². The molecule has 0 saturated carbocycles. The highest BCUT2D eigenvalue weighted by Crippen LogP contribution is 2.16. The van der Waals surface area contributed by atoms with Crippen LogP contribution in [0.4, 0.5) is 17.5 Å². The Morgan fingerprint density at radius 3 is 2.87 bits per heavy atom. The number of hydrogen-bond donors (Lipinski definition) is 2. The first-order valence-electron chi connectivity index (χ1n) is 4.35. The first-order valence-corrected chi connectivity index (χ1v) is 5.43. The summed E-state index contributed by atoms with van der Waals surface area (Å²) in [6, 6.07) is 9.78. The molecule has 0 aliphatic heterocycles. The standard InChI is InChI=1S/C10H9IN4/c11-7-2-1-3-8(6-7)14-9-4-5-13-10(12)15-9/h1-6H,(H3,12,13,14,15). The molecule has 0 atom stereocenters. The molecule has 5 heteroatoms. The number of halogens is 1. The summed E-state index contributed by atoms with van der Waals surface area (Å²) >= 11 is 2.26. The first-order chi connectivity index (χ1) is 7.24. The summed E-state index contributed by atoms with van der Waals surface area (Å²) in [6.45, 7) is 0. The van der Waals surface area contributed by atoms with E-state index in [2.05, 4.69) is 37.9 Å². The quantitative estimate of drug-likeness (QED) is 0.836. The number of anilines is 3. The van der Waals surface area contributed by atoms with Gasteiger partial charge in [0.1, 0.15) is 5.82 Å². The fourth-order valence-corrected chi connectivity index (χ4v) is 1.70. The Morgan fingerprint density at radius 2 is 2.13 bits per heavy atom. The van der Waals surface area contributed by atoms with E-state index in [1.165, 1.54) is 3.57 Å². The number of nitrogens with two attached hydrogens (primary N) is 1. The van der Waals surface area contributed by atoms with Gasteiger partial charge in [0.2, 0.25) is 5.95 Å². The second kappa shape index (κ2) is 4.43. The van der Waals surface area contributed by atoms with Gasteiger partial charge in [0.05, 0.1) is 0 Å². The highest BCUT2D eigenvalue weighted by Gasteiger charge is 1.97. The molecule has 0 spiro atoms. The third-order valence-electron chi connectivity index (χ3n) is 1.77. The number of rotatable bonds is 2. The summed E-state index contributed by atoms with van der Waals surface area (Å²) in [5, 5.41) is 3.15. The van der Waals surface area contributed by atoms with Gasteiger partial charge in [-0.05, 0) is 46.9 Å². The maximum absolute atomic E-state index is 5.48. The van der Waals surface area contributed by atoms with Crippen LogP contribution in [0.25, 0.3) is 0 Å². The van der Waals surface area contributed by atoms with E-state index >= 15 is 0 Å². The van der Waals surface area contributed by atoms with Crippen molar-refractivity contribution in [2.24, 2.45) is 0 Å². The molecule has 4 nitrogen and oxygen atoms in total. The molecule has 0 aliphatic carbocycles. The molecular weight excluding hydrogens is 303 g/mol. The van der Waals surface area contributed by atoms with Crippen molar-refractivity contribution in [3.8, 4) is 0 Å². The third-order valence-corrected chi connectivity index (χ3v) is 2.44. The highest BCUT2D eigenvalue weighted by molar-refractivity contribution is 14.1. The zero-order valence-electron chi connectivity index (χ0n) is 7.81. The molecule has 0 bridgehead atoms. The summed E-state index contributed by atoms with van der Waals surface area (Å²) in [5.74, 6) is 0.968. The van der Waals surface area contributed by atoms with Gasteiger partial charge in [0, 0.05) is 15.5 Å². The largest absolute Gasteiger partial charge is 0.368 e. The second-order valence-electron chi connectivity index (χ2n) is 2.94. The SMILES string of the molecule is Nc1nccc(Nc2cccc(I)c2)n1. The first kappa shape index (κ1) is 10.2. The molecule has 0 fully saturated rings. The molecule has 2 aromatic rings. The molecular formula is C10H9IN4. The lowest BCUT2D eigenvalue weighted by atomic mass is 10.3. The van der Waals surface area contributed by atoms with Crippen LogP contribution in [0.1, 0.15) is 0 Å². The smallest absolute Gasteiger partial charge is 0.221 e. The second-order valence-corrected chi connectivity index (χ2v) is 4.18. The molecule has 0 aliphatic rings. The summed E-state index contributed by atoms with van der Waals surface area (Å²) in [5.41, 5.74) is 6.46. The van der Waals surface area contributed by atoms with Crippen LogP contribution in [0, 0.1) is 3.57 Å². The monoisotopic (exact) mass is 312 g/mol. The van der Waals surface area contributed by atoms with Crippen molar-refractivity contribution in [2.75, 3.05) is 11.1 Å². The molecule has 1 aromatic heterocycles. The van der Waals surface area contributed by atoms with Crippen LogP contribution in [0.5, 0.6) is 0 Å². The predicted molar refractivity (Wildman–Crippen MR) is 68.9 cm³/mol. The molecule has 76 valence electrons. The maximum Gasteiger partial charge on any atom is 0.221 e. The summed E-state index contributed by atoms with van der Waals surface area (Å²) < 4.78 is 1.17. The Balaban J connectivity index is 2.22. The minimum absolute atomic E-state index is 0.269. The van der Waals surface area contributed by atoms with Crippen LogP contribution in [0.3, 0.4) is 0 Å². The molecule has 1 aromatic carbocycles. The minimum atomic E-state index is 0.269. The Kier molecular flexibility index (Phi) is 3.00. The van der Waals surface area contributed by atoms with Crippen molar-refractivity contribution < 1.29 is 0 Å². The van der Waals surface area contributed by atoms with Crippen LogP contribution in [-0.2, 0) is 0 Å². The third kappa shape index (κ3) is 2.79. The molecule has 2 rings (SSSR count). The Hall–Kier alpha value is -1.37. The number of aromatic nitrogens is 2. The molecule has 0 radical (unpaired) electrons. The zero-order valence-corrected chi connectivity index (χ0v) is 9.97. The average Bonchev–Trinajstić information content (AvgIpc) is 2.17. The normalized spacial score (nSPS) is 9.93. The molecule has 0 amide bonds. The topological polar surface area (TPSA) is 63.8 Å². The van der Waals surface area contributed by atoms with Gasteiger partial charge in [0.15, 0.2) is 0 Å². The molecule has 15 heavy (non-hydrogen) atoms. The summed E-state index contributed by atoms with van der Waals surface area (Å²) in [4.78, 5) is 7.88. The van der Waals surface area contributed by atoms with E-state index < -0.39 is 0 Å². The van der Waals surface area contributed by atoms with Gasteiger partial charge in [-0.15, -0.1) is 0 Å². The summed E-state index contributed by atoms with van der Waals surface area (Å²) in [7, 11) is 0. The van der Waals surface area contributed by atoms with Crippen LogP contribution in [0.2, 0.25) is 0 Å². The van der Waals surface area contributed by atoms with Crippen molar-refractivity contribution in [3.05, 3.63) is 40.1 Å². The molecule has 0 saturated heterocycles. The van der Waals surface area contributed by atoms with E-state index in [4.69, 9.17) is 5.73 Å². The predicted octanol–water partition coefficient (Wildman–Crippen LogP) is 2.41. The van der Waals surface area contributed by atoms with Crippen molar-refractivity contribution in [1.29, 1.82) is 0 Å². The van der Waals surface area contributed by atoms with E-state index in [1.807, 2.05) is 24.3 Å². The van der Waals surface area contributed by atoms with Gasteiger partial charge in [0.25, 0.3) is 0 Å². The van der Waals surface area contributed by atoms with E-state index in [9.17, 15) is 0 Å². The maximum atomic E-state index is 5.48. The number of nitrogens with zero attached hydrogens (tertiary/aromatic N) is 2. The number of nitrogens with one attached hydrogen (secondary N) is 1. The lowest BCUT2D eigenvalue weighted by molar-refractivity contribution is 1.18. The van der Waals surface area contributed by atoms with Crippen molar-refractivity contribution in [3.63, 3.8) is 0 Å². The number of hydrogen-bond acceptors (Lipinski definition) is 4. The van der Waals surface area contributed by atoms with Crippen LogP contribution in [-0.4, -0.2) is 9.97 Å². The van der Waals surface area contributed by atoms with Gasteiger partial charge in [-0.2, -0.15) is 4.98 Å². The zero-order chi connectivity index (χ0) is 10.7. The van der Waals surface area contributed by atoms with Gasteiger partial charge in [-0.3, -0.25) is 0 Å². The van der Waals surface area contributed by atoms with Crippen molar-refractivity contribution in [1.82, 2.24) is 9.97 Å². The van der Waals surface area contributed by atoms with E-state index in [0.717, 1.165) is 5.69 Å². The van der Waals surface area contributed by atoms with Crippen LogP contribution in [0.15, 0.2) is 36.5 Å². The lowest BCUT2D eigenvalue weighted by Gasteiger charge is -2.05. The number of nitrogen functional groups attached to an aromatic ring is 1. The van der Waals surface area contributed by atoms with E-state index in [0.29, 0.717) is 5.82 Å². The fourth-order valence-electron chi connectivity index (χ4n) is 1.16. The van der Waals surface area contributed by atoms with Gasteiger partial charge in [-0.25, -0.2) is 4.98 Å². The van der Waals surface area contributed by atoms with E-state index in [-0.39, 0.29) is 5.95 Å². The van der Waals surface area contributed by atoms with Crippen LogP contribution < -0.4 is 11.1 Å². The van der Waals surface area contributed by atoms with Gasteiger partial charge in [-0.1, -0.05) is 6.07 Å². The minimum Gasteiger partial charge on any atom is -0.368 e. The molecule has 1 heterocycles. The molecule has 3 N–H and O–H groups in total. The highest BCUT2D eigenvalue weighted by atomic mass is 127. The van der Waals surface area contributed by atoms with Crippen LogP contribution >= 0.6 is 22.6 Å². The van der Waals surface area contributed by atoms with Crippen molar-refractivity contribution >= 4 is 40.0 Å². The van der Waals surface area contributed by atoms with Crippen molar-refractivity contribution in [2.45, 2.75) is 0 Å². The number of benzene rings is 1. The Morgan fingerprint density at radius 1 is 1.27 bits per heavy atom. The molecule has 0 unspecified atom stereocenters. The lowest BCUT2D eigenvalue weighted by Crippen LogP contribution is -1.98. The Labute approximate surface area is 101 Å². The van der Waals surface area contributed by atoms with Gasteiger partial charge >= 0.3 is 0 Å². The average molecular weight is 312 g/mol. The fraction of sp³-hybridized carbons (Fsp3) is 0. The Bertz CT molecular complexity index is 429.